The average Bonchev–Trinajstić information content (AvgIpc) is 2.30. The maximum atomic E-state index is 5.88. The van der Waals surface area contributed by atoms with Gasteiger partial charge in [0.1, 0.15) is 5.15 Å². The molecule has 1 aliphatic rings. The summed E-state index contributed by atoms with van der Waals surface area (Å²) in [5.41, 5.74) is 1.23. The minimum atomic E-state index is 0.579. The van der Waals surface area contributed by atoms with E-state index in [1.54, 1.807) is 6.20 Å². The van der Waals surface area contributed by atoms with Crippen molar-refractivity contribution in [3.8, 4) is 0 Å². The zero-order valence-electron chi connectivity index (χ0n) is 10.3. The van der Waals surface area contributed by atoms with Crippen LogP contribution in [0.15, 0.2) is 18.3 Å². The van der Waals surface area contributed by atoms with Crippen LogP contribution in [0, 0.1) is 5.92 Å². The van der Waals surface area contributed by atoms with E-state index in [2.05, 4.69) is 22.2 Å². The fraction of sp³-hybridized carbons (Fsp3) is 0.615. The van der Waals surface area contributed by atoms with Crippen LogP contribution in [0.2, 0.25) is 5.15 Å². The number of nitrogens with one attached hydrogen (secondary N) is 1. The third-order valence-corrected chi connectivity index (χ3v) is 3.42. The van der Waals surface area contributed by atoms with Crippen molar-refractivity contribution in [1.82, 2.24) is 15.2 Å². The minimum absolute atomic E-state index is 0.579. The molecule has 0 radical (unpaired) electrons. The third-order valence-electron chi connectivity index (χ3n) is 3.21. The molecule has 0 aromatic carbocycles. The van der Waals surface area contributed by atoms with E-state index in [1.807, 2.05) is 12.1 Å². The molecule has 2 heterocycles. The Morgan fingerprint density at radius 1 is 1.59 bits per heavy atom. The lowest BCUT2D eigenvalue weighted by atomic mass is 9.99. The van der Waals surface area contributed by atoms with Gasteiger partial charge in [0.2, 0.25) is 0 Å². The Hall–Kier alpha value is -0.640. The molecule has 1 aliphatic heterocycles. The molecule has 17 heavy (non-hydrogen) atoms. The topological polar surface area (TPSA) is 28.2 Å². The molecule has 1 unspecified atom stereocenters. The number of nitrogens with zero attached hydrogens (tertiary/aromatic N) is 2. The van der Waals surface area contributed by atoms with Crippen LogP contribution in [0.25, 0.3) is 0 Å². The molecule has 0 saturated carbocycles. The van der Waals surface area contributed by atoms with E-state index in [9.17, 15) is 0 Å². The Labute approximate surface area is 108 Å². The number of pyridine rings is 1. The molecule has 4 heteroatoms. The second-order valence-electron chi connectivity index (χ2n) is 4.90. The Morgan fingerprint density at radius 3 is 3.18 bits per heavy atom. The fourth-order valence-corrected chi connectivity index (χ4v) is 2.63. The zero-order valence-corrected chi connectivity index (χ0v) is 11.1. The first-order chi connectivity index (χ1) is 8.24. The maximum Gasteiger partial charge on any atom is 0.129 e. The van der Waals surface area contributed by atoms with Crippen molar-refractivity contribution in [3.05, 3.63) is 29.0 Å². The van der Waals surface area contributed by atoms with Gasteiger partial charge in [-0.15, -0.1) is 0 Å². The summed E-state index contributed by atoms with van der Waals surface area (Å²) in [5.74, 6) is 0.783. The SMILES string of the molecule is CN(Cc1ccnc(Cl)c1)CC1CCCNC1. The predicted octanol–water partition coefficient (Wildman–Crippen LogP) is 2.17. The number of hydrogen-bond donors (Lipinski definition) is 1. The monoisotopic (exact) mass is 253 g/mol. The van der Waals surface area contributed by atoms with Gasteiger partial charge in [0.25, 0.3) is 0 Å². The van der Waals surface area contributed by atoms with Crippen molar-refractivity contribution in [2.45, 2.75) is 19.4 Å². The maximum absolute atomic E-state index is 5.88. The van der Waals surface area contributed by atoms with Crippen molar-refractivity contribution in [1.29, 1.82) is 0 Å². The lowest BCUT2D eigenvalue weighted by molar-refractivity contribution is 0.237. The molecule has 2 rings (SSSR count). The number of piperidine rings is 1. The fourth-order valence-electron chi connectivity index (χ4n) is 2.44. The molecule has 3 nitrogen and oxygen atoms in total. The Kier molecular flexibility index (Phi) is 4.77. The van der Waals surface area contributed by atoms with Crippen LogP contribution in [-0.2, 0) is 6.54 Å². The first-order valence-corrected chi connectivity index (χ1v) is 6.61. The molecule has 1 fully saturated rings. The van der Waals surface area contributed by atoms with Gasteiger partial charge in [-0.25, -0.2) is 4.98 Å². The van der Waals surface area contributed by atoms with E-state index >= 15 is 0 Å². The van der Waals surface area contributed by atoms with Gasteiger partial charge in [0, 0.05) is 19.3 Å². The molecule has 0 amide bonds. The molecule has 1 N–H and O–H groups in total. The highest BCUT2D eigenvalue weighted by Crippen LogP contribution is 2.14. The van der Waals surface area contributed by atoms with E-state index in [0.717, 1.165) is 25.6 Å². The molecule has 1 atom stereocenters. The number of hydrogen-bond acceptors (Lipinski definition) is 3. The Bertz CT molecular complexity index is 350. The molecule has 1 saturated heterocycles. The summed E-state index contributed by atoms with van der Waals surface area (Å²) in [4.78, 5) is 6.36. The predicted molar refractivity (Wildman–Crippen MR) is 71.2 cm³/mol. The van der Waals surface area contributed by atoms with Gasteiger partial charge in [-0.3, -0.25) is 0 Å². The largest absolute Gasteiger partial charge is 0.316 e. The van der Waals surface area contributed by atoms with Crippen molar-refractivity contribution < 1.29 is 0 Å². The van der Waals surface area contributed by atoms with Crippen LogP contribution in [0.5, 0.6) is 0 Å². The quantitative estimate of drug-likeness (QED) is 0.834. The number of rotatable bonds is 4. The van der Waals surface area contributed by atoms with Crippen LogP contribution in [0.1, 0.15) is 18.4 Å². The van der Waals surface area contributed by atoms with E-state index in [1.165, 1.54) is 24.9 Å². The lowest BCUT2D eigenvalue weighted by Crippen LogP contribution is -2.36. The Balaban J connectivity index is 1.82. The van der Waals surface area contributed by atoms with Gasteiger partial charge in [-0.2, -0.15) is 0 Å². The highest BCUT2D eigenvalue weighted by Gasteiger charge is 2.14. The summed E-state index contributed by atoms with van der Waals surface area (Å²) in [6.07, 6.45) is 4.42. The van der Waals surface area contributed by atoms with Gasteiger partial charge < -0.3 is 10.2 Å². The first kappa shape index (κ1) is 12.8. The molecule has 0 spiro atoms. The molecule has 0 aliphatic carbocycles. The molecular formula is C13H20ClN3. The lowest BCUT2D eigenvalue weighted by Gasteiger charge is -2.27. The summed E-state index contributed by atoms with van der Waals surface area (Å²) < 4.78 is 0. The normalized spacial score (nSPS) is 20.8. The second-order valence-corrected chi connectivity index (χ2v) is 5.28. The first-order valence-electron chi connectivity index (χ1n) is 6.24. The van der Waals surface area contributed by atoms with Gasteiger partial charge >= 0.3 is 0 Å². The van der Waals surface area contributed by atoms with E-state index in [-0.39, 0.29) is 0 Å². The summed E-state index contributed by atoms with van der Waals surface area (Å²) >= 11 is 5.88. The second kappa shape index (κ2) is 6.34. The zero-order chi connectivity index (χ0) is 12.1. The van der Waals surface area contributed by atoms with E-state index in [0.29, 0.717) is 5.15 Å². The van der Waals surface area contributed by atoms with Gasteiger partial charge in [0.15, 0.2) is 0 Å². The van der Waals surface area contributed by atoms with Crippen molar-refractivity contribution in [2.75, 3.05) is 26.7 Å². The average molecular weight is 254 g/mol. The van der Waals surface area contributed by atoms with Crippen molar-refractivity contribution in [3.63, 3.8) is 0 Å². The molecule has 1 aromatic heterocycles. The number of aromatic nitrogens is 1. The summed E-state index contributed by atoms with van der Waals surface area (Å²) in [6, 6.07) is 3.97. The third kappa shape index (κ3) is 4.26. The standard InChI is InChI=1S/C13H20ClN3/c1-17(10-12-3-2-5-15-8-12)9-11-4-6-16-13(14)7-11/h4,6-7,12,15H,2-3,5,8-10H2,1H3. The minimum Gasteiger partial charge on any atom is -0.316 e. The van der Waals surface area contributed by atoms with E-state index < -0.39 is 0 Å². The highest BCUT2D eigenvalue weighted by molar-refractivity contribution is 6.29. The van der Waals surface area contributed by atoms with Crippen LogP contribution >= 0.6 is 11.6 Å². The van der Waals surface area contributed by atoms with Gasteiger partial charge in [-0.05, 0) is 56.6 Å². The highest BCUT2D eigenvalue weighted by atomic mass is 35.5. The van der Waals surface area contributed by atoms with Crippen LogP contribution in [0.3, 0.4) is 0 Å². The number of halogens is 1. The molecule has 1 aromatic rings. The molecule has 0 bridgehead atoms. The summed E-state index contributed by atoms with van der Waals surface area (Å²) in [7, 11) is 2.17. The van der Waals surface area contributed by atoms with Crippen LogP contribution in [0.4, 0.5) is 0 Å². The van der Waals surface area contributed by atoms with Crippen LogP contribution in [-0.4, -0.2) is 36.6 Å². The summed E-state index contributed by atoms with van der Waals surface area (Å²) in [5, 5.41) is 4.03. The molecule has 94 valence electrons. The van der Waals surface area contributed by atoms with Crippen molar-refractivity contribution >= 4 is 11.6 Å². The van der Waals surface area contributed by atoms with Crippen molar-refractivity contribution in [2.24, 2.45) is 5.92 Å². The summed E-state index contributed by atoms with van der Waals surface area (Å²) in [6.45, 7) is 4.42. The molecular weight excluding hydrogens is 234 g/mol. The van der Waals surface area contributed by atoms with Gasteiger partial charge in [-0.1, -0.05) is 11.6 Å². The Morgan fingerprint density at radius 2 is 2.47 bits per heavy atom. The smallest absolute Gasteiger partial charge is 0.129 e. The van der Waals surface area contributed by atoms with E-state index in [4.69, 9.17) is 11.6 Å². The van der Waals surface area contributed by atoms with Crippen LogP contribution < -0.4 is 5.32 Å². The van der Waals surface area contributed by atoms with Gasteiger partial charge in [0.05, 0.1) is 0 Å².